The number of fused-ring (bicyclic) bond motifs is 1. The number of carbonyl (C=O) groups excluding carboxylic acids is 1. The van der Waals surface area contributed by atoms with Crippen LogP contribution in [0.3, 0.4) is 0 Å². The second kappa shape index (κ2) is 9.68. The summed E-state index contributed by atoms with van der Waals surface area (Å²) < 4.78 is 5.92. The van der Waals surface area contributed by atoms with Crippen molar-refractivity contribution >= 4 is 5.91 Å². The Kier molecular flexibility index (Phi) is 7.18. The van der Waals surface area contributed by atoms with E-state index in [0.717, 1.165) is 64.4 Å². The lowest BCUT2D eigenvalue weighted by molar-refractivity contribution is -0.131. The second-order valence-electron chi connectivity index (χ2n) is 10.5. The molecule has 2 saturated heterocycles. The van der Waals surface area contributed by atoms with E-state index in [1.807, 2.05) is 4.90 Å². The molecule has 30 heavy (non-hydrogen) atoms. The van der Waals surface area contributed by atoms with E-state index in [4.69, 9.17) is 4.74 Å². The molecule has 3 unspecified atom stereocenters. The van der Waals surface area contributed by atoms with Crippen molar-refractivity contribution in [3.63, 3.8) is 0 Å². The smallest absolute Gasteiger partial charge is 0.236 e. The van der Waals surface area contributed by atoms with Crippen LogP contribution in [0.1, 0.15) is 46.0 Å². The monoisotopic (exact) mass is 419 g/mol. The number of β-amino-alcohol motifs (C(OH)–C–C–N with tert-alkyl or cyclic N) is 1. The largest absolute Gasteiger partial charge is 0.389 e. The van der Waals surface area contributed by atoms with Crippen LogP contribution in [-0.4, -0.2) is 97.4 Å². The van der Waals surface area contributed by atoms with E-state index >= 15 is 0 Å². The first-order chi connectivity index (χ1) is 14.4. The van der Waals surface area contributed by atoms with Crippen LogP contribution < -0.4 is 0 Å². The minimum atomic E-state index is -0.450. The molecule has 0 aromatic heterocycles. The Morgan fingerprint density at radius 3 is 2.60 bits per heavy atom. The normalized spacial score (nSPS) is 30.5. The minimum absolute atomic E-state index is 0.285. The average Bonchev–Trinajstić information content (AvgIpc) is 3.18. The molecule has 2 heterocycles. The van der Waals surface area contributed by atoms with Crippen molar-refractivity contribution in [1.29, 1.82) is 0 Å². The van der Waals surface area contributed by atoms with Gasteiger partial charge in [-0.3, -0.25) is 14.6 Å². The number of ether oxygens (including phenoxy) is 1. The maximum atomic E-state index is 12.4. The molecular formula is C24H41N3O3. The lowest BCUT2D eigenvalue weighted by Gasteiger charge is -2.56. The van der Waals surface area contributed by atoms with Crippen LogP contribution in [0.4, 0.5) is 0 Å². The van der Waals surface area contributed by atoms with Gasteiger partial charge in [0.15, 0.2) is 0 Å². The maximum absolute atomic E-state index is 12.4. The lowest BCUT2D eigenvalue weighted by Crippen LogP contribution is -2.48. The highest BCUT2D eigenvalue weighted by molar-refractivity contribution is 5.78. The van der Waals surface area contributed by atoms with Crippen LogP contribution in [0.25, 0.3) is 0 Å². The number of amides is 1. The second-order valence-corrected chi connectivity index (χ2v) is 10.5. The minimum Gasteiger partial charge on any atom is -0.389 e. The number of nitrogens with zero attached hydrogens (tertiary/aromatic N) is 3. The van der Waals surface area contributed by atoms with Crippen molar-refractivity contribution in [2.45, 2.75) is 52.1 Å². The van der Waals surface area contributed by atoms with Gasteiger partial charge < -0.3 is 14.7 Å². The molecule has 0 aromatic carbocycles. The van der Waals surface area contributed by atoms with Gasteiger partial charge in [0.05, 0.1) is 25.9 Å². The molecule has 3 fully saturated rings. The van der Waals surface area contributed by atoms with Gasteiger partial charge in [0.2, 0.25) is 5.91 Å². The molecule has 5 rings (SSSR count). The molecular weight excluding hydrogens is 378 g/mol. The van der Waals surface area contributed by atoms with Gasteiger partial charge in [-0.25, -0.2) is 0 Å². The number of hydrogen-bond donors (Lipinski definition) is 1. The summed E-state index contributed by atoms with van der Waals surface area (Å²) in [5.41, 5.74) is 1.88. The molecule has 0 radical (unpaired) electrons. The van der Waals surface area contributed by atoms with Gasteiger partial charge in [-0.2, -0.15) is 0 Å². The fourth-order valence-corrected chi connectivity index (χ4v) is 5.93. The lowest BCUT2D eigenvalue weighted by atomic mass is 9.49. The summed E-state index contributed by atoms with van der Waals surface area (Å²) in [6, 6.07) is 0. The predicted molar refractivity (Wildman–Crippen MR) is 118 cm³/mol. The van der Waals surface area contributed by atoms with Crippen LogP contribution in [0, 0.1) is 17.3 Å². The van der Waals surface area contributed by atoms with E-state index in [1.54, 1.807) is 0 Å². The zero-order valence-corrected chi connectivity index (χ0v) is 19.0. The van der Waals surface area contributed by atoms with Gasteiger partial charge in [-0.15, -0.1) is 0 Å². The molecule has 3 atom stereocenters. The van der Waals surface area contributed by atoms with Crippen LogP contribution >= 0.6 is 0 Å². The number of aliphatic hydroxyl groups excluding tert-OH is 1. The average molecular weight is 420 g/mol. The zero-order valence-electron chi connectivity index (χ0n) is 19.0. The molecule has 3 aliphatic carbocycles. The SMILES string of the molecule is CC1(C)C2CC=C(COCC(O)CN3CCCN(CC(=O)N4CCCC4)CC3)C1C2. The van der Waals surface area contributed by atoms with Crippen molar-refractivity contribution < 1.29 is 14.6 Å². The van der Waals surface area contributed by atoms with Crippen molar-refractivity contribution in [1.82, 2.24) is 14.7 Å². The zero-order chi connectivity index (χ0) is 21.1. The van der Waals surface area contributed by atoms with E-state index in [2.05, 4.69) is 29.7 Å². The first-order valence-corrected chi connectivity index (χ1v) is 12.1. The first-order valence-electron chi connectivity index (χ1n) is 12.1. The van der Waals surface area contributed by atoms with E-state index in [-0.39, 0.29) is 5.91 Å². The molecule has 2 aliphatic heterocycles. The third-order valence-electron chi connectivity index (χ3n) is 8.13. The number of hydrogen-bond acceptors (Lipinski definition) is 5. The van der Waals surface area contributed by atoms with Crippen molar-refractivity contribution in [2.24, 2.45) is 17.3 Å². The standard InChI is InChI=1S/C24H41N3O3/c1-24(2)20-7-6-19(22(24)14-20)17-30-18-21(28)15-25-8-5-9-26(13-12-25)16-23(29)27-10-3-4-11-27/h6,20-22,28H,3-5,7-18H2,1-2H3. The molecule has 6 heteroatoms. The van der Waals surface area contributed by atoms with Gasteiger partial charge in [-0.1, -0.05) is 19.9 Å². The molecule has 0 spiro atoms. The summed E-state index contributed by atoms with van der Waals surface area (Å²) in [5, 5.41) is 10.5. The fraction of sp³-hybridized carbons (Fsp3) is 0.875. The molecule has 1 saturated carbocycles. The summed E-state index contributed by atoms with van der Waals surface area (Å²) in [6.07, 6.45) is 7.78. The van der Waals surface area contributed by atoms with Crippen molar-refractivity contribution in [3.8, 4) is 0 Å². The summed E-state index contributed by atoms with van der Waals surface area (Å²) in [5.74, 6) is 1.81. The van der Waals surface area contributed by atoms with Gasteiger partial charge in [-0.05, 0) is 68.0 Å². The highest BCUT2D eigenvalue weighted by Gasteiger charge is 2.50. The molecule has 0 aromatic rings. The highest BCUT2D eigenvalue weighted by atomic mass is 16.5. The molecule has 2 bridgehead atoms. The van der Waals surface area contributed by atoms with E-state index in [1.165, 1.54) is 18.4 Å². The Labute approximate surface area is 182 Å². The van der Waals surface area contributed by atoms with Gasteiger partial charge in [0, 0.05) is 32.7 Å². The molecule has 170 valence electrons. The Bertz CT molecular complexity index is 629. The van der Waals surface area contributed by atoms with E-state index in [0.29, 0.717) is 37.6 Å². The summed E-state index contributed by atoms with van der Waals surface area (Å²) >= 11 is 0. The Hall–Kier alpha value is -0.950. The molecule has 1 N–H and O–H groups in total. The Morgan fingerprint density at radius 1 is 1.13 bits per heavy atom. The first kappa shape index (κ1) is 22.3. The van der Waals surface area contributed by atoms with Crippen molar-refractivity contribution in [2.75, 3.05) is 65.6 Å². The summed E-state index contributed by atoms with van der Waals surface area (Å²) in [6.45, 7) is 12.7. The van der Waals surface area contributed by atoms with Crippen molar-refractivity contribution in [3.05, 3.63) is 11.6 Å². The van der Waals surface area contributed by atoms with E-state index < -0.39 is 6.10 Å². The van der Waals surface area contributed by atoms with Crippen LogP contribution in [-0.2, 0) is 9.53 Å². The maximum Gasteiger partial charge on any atom is 0.236 e. The van der Waals surface area contributed by atoms with Crippen LogP contribution in [0.2, 0.25) is 0 Å². The highest BCUT2D eigenvalue weighted by Crippen LogP contribution is 2.59. The van der Waals surface area contributed by atoms with E-state index in [9.17, 15) is 9.90 Å². The van der Waals surface area contributed by atoms with Gasteiger partial charge in [0.25, 0.3) is 0 Å². The number of carbonyl (C=O) groups is 1. The van der Waals surface area contributed by atoms with Crippen LogP contribution in [0.15, 0.2) is 11.6 Å². The Morgan fingerprint density at radius 2 is 1.87 bits per heavy atom. The molecule has 6 nitrogen and oxygen atoms in total. The topological polar surface area (TPSA) is 56.3 Å². The quantitative estimate of drug-likeness (QED) is 0.610. The summed E-state index contributed by atoms with van der Waals surface area (Å²) in [4.78, 5) is 19.0. The Balaban J connectivity index is 1.13. The third kappa shape index (κ3) is 5.09. The predicted octanol–water partition coefficient (Wildman–Crippen LogP) is 1.99. The third-order valence-corrected chi connectivity index (χ3v) is 8.13. The molecule has 1 amide bonds. The number of rotatable bonds is 8. The van der Waals surface area contributed by atoms with Gasteiger partial charge in [0.1, 0.15) is 0 Å². The number of aliphatic hydroxyl groups is 1. The number of likely N-dealkylation sites (tertiary alicyclic amines) is 1. The number of allylic oxidation sites excluding steroid dienone is 1. The fourth-order valence-electron chi connectivity index (χ4n) is 5.93. The van der Waals surface area contributed by atoms with Crippen LogP contribution in [0.5, 0.6) is 0 Å². The molecule has 5 aliphatic rings. The van der Waals surface area contributed by atoms with Gasteiger partial charge >= 0.3 is 0 Å². The summed E-state index contributed by atoms with van der Waals surface area (Å²) in [7, 11) is 0.